The van der Waals surface area contributed by atoms with E-state index in [4.69, 9.17) is 5.26 Å². The van der Waals surface area contributed by atoms with Crippen LogP contribution in [0, 0.1) is 18.3 Å². The van der Waals surface area contributed by atoms with Gasteiger partial charge in [0.1, 0.15) is 17.5 Å². The van der Waals surface area contributed by atoms with Gasteiger partial charge in [-0.15, -0.1) is 13.2 Å². The fourth-order valence-corrected chi connectivity index (χ4v) is 1.63. The number of nitrogens with one attached hydrogen (secondary N) is 1. The van der Waals surface area contributed by atoms with Crippen LogP contribution in [0.4, 0.5) is 5.82 Å². The Bertz CT molecular complexity index is 589. The summed E-state index contributed by atoms with van der Waals surface area (Å²) in [5, 5.41) is 12.0. The molecule has 1 amide bonds. The summed E-state index contributed by atoms with van der Waals surface area (Å²) < 4.78 is 0. The number of nitriles is 1. The number of amides is 1. The van der Waals surface area contributed by atoms with Crippen LogP contribution in [0.15, 0.2) is 55.4 Å². The van der Waals surface area contributed by atoms with E-state index in [2.05, 4.69) is 23.5 Å². The monoisotopic (exact) mass is 282 g/mol. The lowest BCUT2D eigenvalue weighted by molar-refractivity contribution is -0.125. The van der Waals surface area contributed by atoms with Gasteiger partial charge in [0.05, 0.1) is 0 Å². The van der Waals surface area contributed by atoms with Gasteiger partial charge in [-0.3, -0.25) is 4.79 Å². The number of carbonyl (C=O) groups is 1. The molecule has 0 unspecified atom stereocenters. The normalized spacial score (nSPS) is 10.4. The summed E-state index contributed by atoms with van der Waals surface area (Å²) in [6, 6.07) is 5.58. The number of aryl methyl sites for hydroxylation is 1. The lowest BCUT2D eigenvalue weighted by Crippen LogP contribution is -2.32. The molecule has 5 nitrogen and oxygen atoms in total. The topological polar surface area (TPSA) is 69.0 Å². The van der Waals surface area contributed by atoms with E-state index < -0.39 is 0 Å². The van der Waals surface area contributed by atoms with Crippen molar-refractivity contribution < 1.29 is 4.79 Å². The van der Waals surface area contributed by atoms with Crippen LogP contribution in [-0.2, 0) is 4.79 Å². The van der Waals surface area contributed by atoms with Gasteiger partial charge in [0, 0.05) is 25.5 Å². The summed E-state index contributed by atoms with van der Waals surface area (Å²) in [5.74, 6) is 0.201. The van der Waals surface area contributed by atoms with Gasteiger partial charge in [-0.2, -0.15) is 5.26 Å². The van der Waals surface area contributed by atoms with Crippen molar-refractivity contribution in [1.82, 2.24) is 9.88 Å². The van der Waals surface area contributed by atoms with Crippen LogP contribution in [0.2, 0.25) is 0 Å². The third-order valence-electron chi connectivity index (χ3n) is 2.62. The number of carbonyl (C=O) groups excluding carboxylic acids is 1. The zero-order valence-electron chi connectivity index (χ0n) is 12.0. The van der Waals surface area contributed by atoms with Crippen LogP contribution < -0.4 is 5.32 Å². The molecule has 1 aromatic rings. The molecule has 0 spiro atoms. The zero-order valence-corrected chi connectivity index (χ0v) is 12.0. The van der Waals surface area contributed by atoms with E-state index in [9.17, 15) is 4.79 Å². The quantitative estimate of drug-likeness (QED) is 0.473. The second-order valence-electron chi connectivity index (χ2n) is 4.32. The van der Waals surface area contributed by atoms with Crippen LogP contribution in [0.1, 0.15) is 5.56 Å². The van der Waals surface area contributed by atoms with Gasteiger partial charge in [0.15, 0.2) is 0 Å². The standard InChI is InChI=1S/C16H18N4O/c1-4-8-20(9-5-2)16(21)14(11-17)12-19-15-10-13(3)6-7-18-15/h4-7,10,12H,1-2,8-9H2,3H3,(H,18,19)/b14-12-. The Hall–Kier alpha value is -2.87. The Labute approximate surface area is 124 Å². The molecule has 0 saturated carbocycles. The van der Waals surface area contributed by atoms with Crippen molar-refractivity contribution in [3.8, 4) is 6.07 Å². The lowest BCUT2D eigenvalue weighted by Gasteiger charge is -2.18. The predicted octanol–water partition coefficient (Wildman–Crippen LogP) is 2.41. The minimum absolute atomic E-state index is 0.00186. The maximum atomic E-state index is 12.2. The van der Waals surface area contributed by atoms with E-state index in [0.29, 0.717) is 18.9 Å². The van der Waals surface area contributed by atoms with E-state index in [1.165, 1.54) is 11.1 Å². The summed E-state index contributed by atoms with van der Waals surface area (Å²) in [5.41, 5.74) is 1.03. The lowest BCUT2D eigenvalue weighted by atomic mass is 10.2. The van der Waals surface area contributed by atoms with E-state index in [1.54, 1.807) is 18.3 Å². The average Bonchev–Trinajstić information content (AvgIpc) is 2.47. The van der Waals surface area contributed by atoms with E-state index >= 15 is 0 Å². The first-order chi connectivity index (χ1) is 10.1. The Morgan fingerprint density at radius 1 is 1.48 bits per heavy atom. The Kier molecular flexibility index (Phi) is 6.42. The molecule has 21 heavy (non-hydrogen) atoms. The first kappa shape index (κ1) is 16.2. The fraction of sp³-hybridized carbons (Fsp3) is 0.188. The molecule has 0 radical (unpaired) electrons. The Morgan fingerprint density at radius 3 is 2.67 bits per heavy atom. The first-order valence-corrected chi connectivity index (χ1v) is 6.43. The largest absolute Gasteiger partial charge is 0.345 e. The maximum absolute atomic E-state index is 12.2. The molecule has 0 aromatic carbocycles. The first-order valence-electron chi connectivity index (χ1n) is 6.43. The Balaban J connectivity index is 2.87. The highest BCUT2D eigenvalue weighted by atomic mass is 16.2. The van der Waals surface area contributed by atoms with Gasteiger partial charge in [0.25, 0.3) is 5.91 Å². The molecule has 0 saturated heterocycles. The van der Waals surface area contributed by atoms with Gasteiger partial charge in [-0.1, -0.05) is 12.2 Å². The average molecular weight is 282 g/mol. The summed E-state index contributed by atoms with van der Waals surface area (Å²) in [6.45, 7) is 9.84. The van der Waals surface area contributed by atoms with Crippen molar-refractivity contribution in [3.63, 3.8) is 0 Å². The number of pyridine rings is 1. The summed E-state index contributed by atoms with van der Waals surface area (Å²) >= 11 is 0. The van der Waals surface area contributed by atoms with Gasteiger partial charge < -0.3 is 10.2 Å². The van der Waals surface area contributed by atoms with E-state index in [-0.39, 0.29) is 11.5 Å². The van der Waals surface area contributed by atoms with Crippen LogP contribution in [-0.4, -0.2) is 28.9 Å². The second kappa shape index (κ2) is 8.33. The minimum Gasteiger partial charge on any atom is -0.345 e. The molecule has 1 heterocycles. The molecule has 0 aliphatic carbocycles. The highest BCUT2D eigenvalue weighted by Gasteiger charge is 2.15. The van der Waals surface area contributed by atoms with E-state index in [1.807, 2.05) is 25.1 Å². The van der Waals surface area contributed by atoms with Gasteiger partial charge in [-0.05, 0) is 24.6 Å². The highest BCUT2D eigenvalue weighted by Crippen LogP contribution is 2.07. The van der Waals surface area contributed by atoms with E-state index in [0.717, 1.165) is 5.56 Å². The molecular weight excluding hydrogens is 264 g/mol. The van der Waals surface area contributed by atoms with Gasteiger partial charge in [0.2, 0.25) is 0 Å². The number of hydrogen-bond acceptors (Lipinski definition) is 4. The molecule has 0 aliphatic rings. The fourth-order valence-electron chi connectivity index (χ4n) is 1.63. The van der Waals surface area contributed by atoms with Crippen molar-refractivity contribution >= 4 is 11.7 Å². The molecule has 0 aliphatic heterocycles. The number of hydrogen-bond donors (Lipinski definition) is 1. The van der Waals surface area contributed by atoms with Crippen LogP contribution in [0.5, 0.6) is 0 Å². The number of rotatable bonds is 7. The minimum atomic E-state index is -0.377. The third kappa shape index (κ3) is 4.96. The molecule has 0 fully saturated rings. The maximum Gasteiger partial charge on any atom is 0.266 e. The Morgan fingerprint density at radius 2 is 2.14 bits per heavy atom. The van der Waals surface area contributed by atoms with Crippen molar-refractivity contribution in [1.29, 1.82) is 5.26 Å². The predicted molar refractivity (Wildman–Crippen MR) is 83.3 cm³/mol. The smallest absolute Gasteiger partial charge is 0.266 e. The summed E-state index contributed by atoms with van der Waals surface area (Å²) in [6.07, 6.45) is 6.22. The molecule has 108 valence electrons. The molecule has 1 rings (SSSR count). The number of anilines is 1. The van der Waals surface area contributed by atoms with Crippen LogP contribution in [0.3, 0.4) is 0 Å². The number of nitrogens with zero attached hydrogens (tertiary/aromatic N) is 3. The molecule has 5 heteroatoms. The highest BCUT2D eigenvalue weighted by molar-refractivity contribution is 5.97. The molecule has 0 bridgehead atoms. The number of aromatic nitrogens is 1. The van der Waals surface area contributed by atoms with Crippen molar-refractivity contribution in [2.24, 2.45) is 0 Å². The van der Waals surface area contributed by atoms with Crippen molar-refractivity contribution in [3.05, 3.63) is 61.0 Å². The van der Waals surface area contributed by atoms with Gasteiger partial charge >= 0.3 is 0 Å². The van der Waals surface area contributed by atoms with Crippen LogP contribution in [0.25, 0.3) is 0 Å². The van der Waals surface area contributed by atoms with Crippen molar-refractivity contribution in [2.45, 2.75) is 6.92 Å². The zero-order chi connectivity index (χ0) is 15.7. The summed E-state index contributed by atoms with van der Waals surface area (Å²) in [4.78, 5) is 17.8. The SMILES string of the molecule is C=CCN(CC=C)C(=O)/C(C#N)=C\Nc1cc(C)ccn1. The summed E-state index contributed by atoms with van der Waals surface area (Å²) in [7, 11) is 0. The second-order valence-corrected chi connectivity index (χ2v) is 4.32. The third-order valence-corrected chi connectivity index (χ3v) is 2.62. The molecular formula is C16H18N4O. The molecule has 1 N–H and O–H groups in total. The van der Waals surface area contributed by atoms with Crippen LogP contribution >= 0.6 is 0 Å². The van der Waals surface area contributed by atoms with Gasteiger partial charge in [-0.25, -0.2) is 4.98 Å². The molecule has 0 atom stereocenters. The molecule has 1 aromatic heterocycles. The van der Waals surface area contributed by atoms with Crippen molar-refractivity contribution in [2.75, 3.05) is 18.4 Å².